The zero-order chi connectivity index (χ0) is 19.7. The Morgan fingerprint density at radius 2 is 1.56 bits per heavy atom. The number of alkyl halides is 2. The number of amides is 4. The van der Waals surface area contributed by atoms with E-state index >= 15 is 0 Å². The van der Waals surface area contributed by atoms with Crippen LogP contribution >= 0.6 is 11.8 Å². The number of carbonyl (C=O) groups is 3. The third-order valence-electron chi connectivity index (χ3n) is 3.92. The molecule has 2 aromatic rings. The van der Waals surface area contributed by atoms with E-state index in [9.17, 15) is 23.2 Å². The standard InChI is InChI=1S/C18H14F2N2O4S/c1-21-15(23)13(16(24)22(2)18(21)25)9-11-5-8-14(26-11)10-3-6-12(7-4-10)27-17(19)20/h3-9,17H,1-2H3. The van der Waals surface area contributed by atoms with Crippen LogP contribution in [0.3, 0.4) is 0 Å². The first kappa shape index (κ1) is 18.8. The molecule has 0 bridgehead atoms. The zero-order valence-electron chi connectivity index (χ0n) is 14.3. The maximum absolute atomic E-state index is 12.4. The summed E-state index contributed by atoms with van der Waals surface area (Å²) in [5, 5.41) is 0. The summed E-state index contributed by atoms with van der Waals surface area (Å²) < 4.78 is 30.4. The first-order chi connectivity index (χ1) is 12.8. The Morgan fingerprint density at radius 3 is 2.11 bits per heavy atom. The van der Waals surface area contributed by atoms with Crippen molar-refractivity contribution in [2.45, 2.75) is 10.7 Å². The number of imide groups is 2. The molecule has 27 heavy (non-hydrogen) atoms. The van der Waals surface area contributed by atoms with Gasteiger partial charge in [0.25, 0.3) is 17.6 Å². The number of furan rings is 1. The summed E-state index contributed by atoms with van der Waals surface area (Å²) in [6.45, 7) is 0. The molecule has 1 aromatic heterocycles. The van der Waals surface area contributed by atoms with E-state index in [0.29, 0.717) is 28.0 Å². The monoisotopic (exact) mass is 392 g/mol. The Balaban J connectivity index is 1.85. The lowest BCUT2D eigenvalue weighted by Crippen LogP contribution is -2.52. The van der Waals surface area contributed by atoms with Gasteiger partial charge in [0.15, 0.2) is 0 Å². The van der Waals surface area contributed by atoms with Gasteiger partial charge in [0.1, 0.15) is 17.1 Å². The molecule has 1 saturated heterocycles. The minimum atomic E-state index is -2.49. The molecule has 3 rings (SSSR count). The predicted octanol–water partition coefficient (Wildman–Crippen LogP) is 3.70. The first-order valence-corrected chi connectivity index (χ1v) is 8.62. The number of halogens is 2. The van der Waals surface area contributed by atoms with E-state index in [4.69, 9.17) is 4.42 Å². The largest absolute Gasteiger partial charge is 0.457 e. The van der Waals surface area contributed by atoms with Crippen molar-refractivity contribution in [2.75, 3.05) is 14.1 Å². The molecular formula is C18H14F2N2O4S. The van der Waals surface area contributed by atoms with Crippen LogP contribution in [-0.4, -0.2) is 47.5 Å². The van der Waals surface area contributed by atoms with Crippen LogP contribution in [0.2, 0.25) is 0 Å². The molecule has 0 saturated carbocycles. The van der Waals surface area contributed by atoms with E-state index in [0.717, 1.165) is 9.80 Å². The maximum Gasteiger partial charge on any atom is 0.333 e. The van der Waals surface area contributed by atoms with Crippen molar-refractivity contribution in [3.8, 4) is 11.3 Å². The van der Waals surface area contributed by atoms with Crippen LogP contribution in [0.15, 0.2) is 51.3 Å². The molecule has 1 aliphatic rings. The molecule has 1 aliphatic heterocycles. The summed E-state index contributed by atoms with van der Waals surface area (Å²) in [6, 6.07) is 8.88. The molecule has 0 aliphatic carbocycles. The lowest BCUT2D eigenvalue weighted by Gasteiger charge is -2.28. The maximum atomic E-state index is 12.4. The van der Waals surface area contributed by atoms with Gasteiger partial charge in [0.2, 0.25) is 0 Å². The fourth-order valence-electron chi connectivity index (χ4n) is 2.50. The number of carbonyl (C=O) groups excluding carboxylic acids is 3. The molecule has 0 radical (unpaired) electrons. The minimum absolute atomic E-state index is 0.191. The van der Waals surface area contributed by atoms with Crippen LogP contribution in [0, 0.1) is 0 Å². The fraction of sp³-hybridized carbons (Fsp3) is 0.167. The molecule has 0 N–H and O–H groups in total. The Bertz CT molecular complexity index is 911. The normalized spacial score (nSPS) is 15.1. The summed E-state index contributed by atoms with van der Waals surface area (Å²) in [5.41, 5.74) is 0.466. The highest BCUT2D eigenvalue weighted by atomic mass is 32.2. The average Bonchev–Trinajstić information content (AvgIpc) is 3.11. The number of benzene rings is 1. The SMILES string of the molecule is CN1C(=O)C(=Cc2ccc(-c3ccc(SC(F)F)cc3)o2)C(=O)N(C)C1=O. The van der Waals surface area contributed by atoms with Crippen LogP contribution < -0.4 is 0 Å². The number of hydrogen-bond acceptors (Lipinski definition) is 5. The van der Waals surface area contributed by atoms with Crippen molar-refractivity contribution < 1.29 is 27.6 Å². The molecule has 2 heterocycles. The molecule has 6 nitrogen and oxygen atoms in total. The van der Waals surface area contributed by atoms with Gasteiger partial charge in [-0.25, -0.2) is 4.79 Å². The van der Waals surface area contributed by atoms with Crippen LogP contribution in [0.1, 0.15) is 5.76 Å². The quantitative estimate of drug-likeness (QED) is 0.451. The van der Waals surface area contributed by atoms with Crippen molar-refractivity contribution in [1.29, 1.82) is 0 Å². The lowest BCUT2D eigenvalue weighted by molar-refractivity contribution is -0.134. The van der Waals surface area contributed by atoms with Gasteiger partial charge in [-0.15, -0.1) is 0 Å². The molecule has 9 heteroatoms. The molecule has 4 amide bonds. The summed E-state index contributed by atoms with van der Waals surface area (Å²) in [5.74, 6) is -3.22. The Labute approximate surface area is 157 Å². The van der Waals surface area contributed by atoms with Gasteiger partial charge in [-0.2, -0.15) is 8.78 Å². The second kappa shape index (κ2) is 7.36. The van der Waals surface area contributed by atoms with Gasteiger partial charge in [-0.3, -0.25) is 19.4 Å². The second-order valence-corrected chi connectivity index (χ2v) is 6.74. The van der Waals surface area contributed by atoms with Gasteiger partial charge < -0.3 is 4.42 Å². The highest BCUT2D eigenvalue weighted by molar-refractivity contribution is 7.99. The zero-order valence-corrected chi connectivity index (χ0v) is 15.1. The van der Waals surface area contributed by atoms with Gasteiger partial charge in [0.05, 0.1) is 0 Å². The van der Waals surface area contributed by atoms with Gasteiger partial charge in [-0.1, -0.05) is 23.9 Å². The Kier molecular flexibility index (Phi) is 5.13. The minimum Gasteiger partial charge on any atom is -0.457 e. The van der Waals surface area contributed by atoms with Crippen molar-refractivity contribution in [3.05, 3.63) is 47.7 Å². The molecule has 0 spiro atoms. The third kappa shape index (κ3) is 3.77. The highest BCUT2D eigenvalue weighted by Gasteiger charge is 2.38. The number of thioether (sulfide) groups is 1. The molecule has 1 aromatic carbocycles. The number of barbiturate groups is 1. The van der Waals surface area contributed by atoms with E-state index in [1.807, 2.05) is 0 Å². The van der Waals surface area contributed by atoms with Crippen molar-refractivity contribution in [2.24, 2.45) is 0 Å². The summed E-state index contributed by atoms with van der Waals surface area (Å²) >= 11 is 0.447. The number of nitrogens with zero attached hydrogens (tertiary/aromatic N) is 2. The number of likely N-dealkylation sites (N-methyl/N-ethyl adjacent to an activating group) is 2. The first-order valence-electron chi connectivity index (χ1n) is 7.75. The van der Waals surface area contributed by atoms with E-state index in [1.54, 1.807) is 36.4 Å². The summed E-state index contributed by atoms with van der Waals surface area (Å²) in [7, 11) is 2.57. The Morgan fingerprint density at radius 1 is 0.963 bits per heavy atom. The van der Waals surface area contributed by atoms with Crippen molar-refractivity contribution >= 4 is 35.7 Å². The fourth-order valence-corrected chi connectivity index (χ4v) is 3.00. The van der Waals surface area contributed by atoms with Crippen LogP contribution in [0.5, 0.6) is 0 Å². The van der Waals surface area contributed by atoms with E-state index < -0.39 is 23.6 Å². The van der Waals surface area contributed by atoms with Crippen LogP contribution in [0.25, 0.3) is 17.4 Å². The molecule has 0 atom stereocenters. The van der Waals surface area contributed by atoms with Crippen LogP contribution in [0.4, 0.5) is 13.6 Å². The smallest absolute Gasteiger partial charge is 0.333 e. The average molecular weight is 392 g/mol. The van der Waals surface area contributed by atoms with Gasteiger partial charge >= 0.3 is 6.03 Å². The third-order valence-corrected chi connectivity index (χ3v) is 4.64. The predicted molar refractivity (Wildman–Crippen MR) is 94.9 cm³/mol. The summed E-state index contributed by atoms with van der Waals surface area (Å²) in [6.07, 6.45) is 1.27. The van der Waals surface area contributed by atoms with E-state index in [1.165, 1.54) is 20.2 Å². The lowest BCUT2D eigenvalue weighted by atomic mass is 10.1. The molecule has 140 valence electrons. The Hall–Kier alpha value is -2.94. The molecule has 1 fully saturated rings. The number of urea groups is 1. The van der Waals surface area contributed by atoms with Crippen molar-refractivity contribution in [1.82, 2.24) is 9.80 Å². The summed E-state index contributed by atoms with van der Waals surface area (Å²) in [4.78, 5) is 38.2. The number of hydrogen-bond donors (Lipinski definition) is 0. The van der Waals surface area contributed by atoms with Gasteiger partial charge in [0, 0.05) is 24.6 Å². The number of rotatable bonds is 4. The highest BCUT2D eigenvalue weighted by Crippen LogP contribution is 2.29. The van der Waals surface area contributed by atoms with E-state index in [-0.39, 0.29) is 11.3 Å². The van der Waals surface area contributed by atoms with Gasteiger partial charge in [-0.05, 0) is 30.3 Å². The second-order valence-electron chi connectivity index (χ2n) is 5.67. The molecular weight excluding hydrogens is 378 g/mol. The van der Waals surface area contributed by atoms with Crippen LogP contribution in [-0.2, 0) is 9.59 Å². The molecule has 0 unspecified atom stereocenters. The van der Waals surface area contributed by atoms with Crippen molar-refractivity contribution in [3.63, 3.8) is 0 Å². The topological polar surface area (TPSA) is 70.8 Å². The van der Waals surface area contributed by atoms with E-state index in [2.05, 4.69) is 0 Å².